The summed E-state index contributed by atoms with van der Waals surface area (Å²) in [6.45, 7) is 1.91. The zero-order valence-electron chi connectivity index (χ0n) is 15.8. The summed E-state index contributed by atoms with van der Waals surface area (Å²) in [6, 6.07) is 14.8. The zero-order chi connectivity index (χ0) is 19.7. The Hall–Kier alpha value is -3.48. The topological polar surface area (TPSA) is 92.7 Å². The minimum absolute atomic E-state index is 0.115. The first-order valence-corrected chi connectivity index (χ1v) is 9.21. The van der Waals surface area contributed by atoms with Crippen LogP contribution in [0.2, 0.25) is 0 Å². The lowest BCUT2D eigenvalue weighted by Crippen LogP contribution is -2.29. The smallest absolute Gasteiger partial charge is 0.258 e. The van der Waals surface area contributed by atoms with Gasteiger partial charge in [-0.2, -0.15) is 0 Å². The molecule has 0 radical (unpaired) electrons. The summed E-state index contributed by atoms with van der Waals surface area (Å²) in [4.78, 5) is 36.3. The molecule has 142 valence electrons. The van der Waals surface area contributed by atoms with Gasteiger partial charge in [-0.25, -0.2) is 9.97 Å². The molecule has 0 aliphatic rings. The second kappa shape index (κ2) is 7.26. The van der Waals surface area contributed by atoms with Gasteiger partial charge in [0, 0.05) is 19.9 Å². The summed E-state index contributed by atoms with van der Waals surface area (Å²) in [5, 5.41) is 3.53. The van der Waals surface area contributed by atoms with Gasteiger partial charge in [-0.1, -0.05) is 24.3 Å². The highest BCUT2D eigenvalue weighted by molar-refractivity contribution is 5.79. The molecule has 0 fully saturated rings. The minimum Gasteiger partial charge on any atom is -0.346 e. The maximum absolute atomic E-state index is 12.4. The SMILES string of the molecule is C[C@H](NC(=O)CCc1nc2ccccc2c(=O)[nH]1)c1nc2ccccc2n1C. The number of aromatic amines is 1. The predicted molar refractivity (Wildman–Crippen MR) is 108 cm³/mol. The molecule has 0 spiro atoms. The van der Waals surface area contributed by atoms with Crippen molar-refractivity contribution in [3.05, 3.63) is 70.5 Å². The summed E-state index contributed by atoms with van der Waals surface area (Å²) in [5.41, 5.74) is 2.37. The fourth-order valence-corrected chi connectivity index (χ4v) is 3.41. The molecule has 0 saturated carbocycles. The second-order valence-electron chi connectivity index (χ2n) is 6.84. The molecule has 0 aliphatic heterocycles. The van der Waals surface area contributed by atoms with E-state index in [9.17, 15) is 9.59 Å². The quantitative estimate of drug-likeness (QED) is 0.561. The maximum Gasteiger partial charge on any atom is 0.258 e. The zero-order valence-corrected chi connectivity index (χ0v) is 15.8. The molecular weight excluding hydrogens is 354 g/mol. The summed E-state index contributed by atoms with van der Waals surface area (Å²) >= 11 is 0. The Morgan fingerprint density at radius 1 is 1.11 bits per heavy atom. The Morgan fingerprint density at radius 2 is 1.82 bits per heavy atom. The van der Waals surface area contributed by atoms with Crippen LogP contribution in [0.4, 0.5) is 0 Å². The van der Waals surface area contributed by atoms with Crippen molar-refractivity contribution >= 4 is 27.8 Å². The van der Waals surface area contributed by atoms with Gasteiger partial charge in [0.25, 0.3) is 5.56 Å². The first kappa shape index (κ1) is 17.9. The number of carbonyl (C=O) groups excluding carboxylic acids is 1. The second-order valence-corrected chi connectivity index (χ2v) is 6.84. The fraction of sp³-hybridized carbons (Fsp3) is 0.238. The third kappa shape index (κ3) is 3.38. The molecule has 4 rings (SSSR count). The van der Waals surface area contributed by atoms with Crippen molar-refractivity contribution in [2.24, 2.45) is 7.05 Å². The number of fused-ring (bicyclic) bond motifs is 2. The van der Waals surface area contributed by atoms with Gasteiger partial charge in [-0.15, -0.1) is 0 Å². The van der Waals surface area contributed by atoms with Crippen molar-refractivity contribution in [1.29, 1.82) is 0 Å². The van der Waals surface area contributed by atoms with Crippen LogP contribution in [0.3, 0.4) is 0 Å². The molecule has 1 atom stereocenters. The Labute approximate surface area is 161 Å². The lowest BCUT2D eigenvalue weighted by atomic mass is 10.2. The van der Waals surface area contributed by atoms with Gasteiger partial charge in [0.05, 0.1) is 28.0 Å². The van der Waals surface area contributed by atoms with Crippen LogP contribution in [0.5, 0.6) is 0 Å². The average Bonchev–Trinajstić information content (AvgIpc) is 3.03. The minimum atomic E-state index is -0.228. The lowest BCUT2D eigenvalue weighted by molar-refractivity contribution is -0.121. The van der Waals surface area contributed by atoms with E-state index in [-0.39, 0.29) is 23.9 Å². The number of aromatic nitrogens is 4. The molecule has 0 bridgehead atoms. The van der Waals surface area contributed by atoms with Gasteiger partial charge in [0.1, 0.15) is 11.6 Å². The lowest BCUT2D eigenvalue weighted by Gasteiger charge is -2.14. The van der Waals surface area contributed by atoms with Crippen molar-refractivity contribution in [3.8, 4) is 0 Å². The summed E-state index contributed by atoms with van der Waals surface area (Å²) in [7, 11) is 1.94. The number of nitrogens with zero attached hydrogens (tertiary/aromatic N) is 3. The van der Waals surface area contributed by atoms with Gasteiger partial charge in [0.15, 0.2) is 0 Å². The van der Waals surface area contributed by atoms with Gasteiger partial charge in [0.2, 0.25) is 5.91 Å². The molecular formula is C21H21N5O2. The normalized spacial score (nSPS) is 12.4. The van der Waals surface area contributed by atoms with E-state index in [1.165, 1.54) is 0 Å². The number of imidazole rings is 1. The number of para-hydroxylation sites is 3. The van der Waals surface area contributed by atoms with E-state index in [1.54, 1.807) is 18.2 Å². The summed E-state index contributed by atoms with van der Waals surface area (Å²) in [6.07, 6.45) is 0.594. The summed E-state index contributed by atoms with van der Waals surface area (Å²) in [5.74, 6) is 1.19. The van der Waals surface area contributed by atoms with Crippen LogP contribution in [-0.4, -0.2) is 25.4 Å². The largest absolute Gasteiger partial charge is 0.346 e. The molecule has 7 nitrogen and oxygen atoms in total. The third-order valence-corrected chi connectivity index (χ3v) is 4.84. The van der Waals surface area contributed by atoms with Crippen LogP contribution in [0.1, 0.15) is 31.0 Å². The van der Waals surface area contributed by atoms with E-state index in [4.69, 9.17) is 0 Å². The molecule has 0 aliphatic carbocycles. The van der Waals surface area contributed by atoms with E-state index in [0.29, 0.717) is 23.1 Å². The van der Waals surface area contributed by atoms with Crippen molar-refractivity contribution in [1.82, 2.24) is 24.8 Å². The van der Waals surface area contributed by atoms with Crippen molar-refractivity contribution in [3.63, 3.8) is 0 Å². The van der Waals surface area contributed by atoms with E-state index in [2.05, 4.69) is 20.3 Å². The van der Waals surface area contributed by atoms with Crippen LogP contribution in [0, 0.1) is 0 Å². The van der Waals surface area contributed by atoms with Gasteiger partial charge in [-0.05, 0) is 31.2 Å². The molecule has 4 aromatic rings. The van der Waals surface area contributed by atoms with E-state index < -0.39 is 0 Å². The average molecular weight is 375 g/mol. The number of nitrogens with one attached hydrogen (secondary N) is 2. The molecule has 7 heteroatoms. The standard InChI is InChI=1S/C21H21N5O2/c1-13(20-24-16-9-5-6-10-17(16)26(20)2)22-19(27)12-11-18-23-15-8-4-3-7-14(15)21(28)25-18/h3-10,13H,11-12H2,1-2H3,(H,22,27)(H,23,25,28)/t13-/m0/s1. The van der Waals surface area contributed by atoms with Crippen molar-refractivity contribution in [2.45, 2.75) is 25.8 Å². The molecule has 2 aromatic carbocycles. The monoisotopic (exact) mass is 375 g/mol. The molecule has 2 heterocycles. The molecule has 28 heavy (non-hydrogen) atoms. The van der Waals surface area contributed by atoms with Crippen LogP contribution >= 0.6 is 0 Å². The van der Waals surface area contributed by atoms with Gasteiger partial charge in [-0.3, -0.25) is 9.59 Å². The van der Waals surface area contributed by atoms with Crippen molar-refractivity contribution in [2.75, 3.05) is 0 Å². The van der Waals surface area contributed by atoms with E-state index in [1.807, 2.05) is 48.9 Å². The number of carbonyl (C=O) groups is 1. The fourth-order valence-electron chi connectivity index (χ4n) is 3.41. The van der Waals surface area contributed by atoms with Crippen LogP contribution in [0.15, 0.2) is 53.3 Å². The molecule has 2 N–H and O–H groups in total. The highest BCUT2D eigenvalue weighted by Gasteiger charge is 2.16. The number of amides is 1. The molecule has 0 unspecified atom stereocenters. The van der Waals surface area contributed by atoms with Crippen molar-refractivity contribution < 1.29 is 4.79 Å². The first-order chi connectivity index (χ1) is 13.5. The predicted octanol–water partition coefficient (Wildman–Crippen LogP) is 2.62. The van der Waals surface area contributed by atoms with Gasteiger partial charge >= 0.3 is 0 Å². The first-order valence-electron chi connectivity index (χ1n) is 9.21. The van der Waals surface area contributed by atoms with Crippen LogP contribution in [0.25, 0.3) is 21.9 Å². The Morgan fingerprint density at radius 3 is 2.61 bits per heavy atom. The molecule has 0 saturated heterocycles. The molecule has 1 amide bonds. The third-order valence-electron chi connectivity index (χ3n) is 4.84. The molecule has 2 aromatic heterocycles. The van der Waals surface area contributed by atoms with E-state index in [0.717, 1.165) is 16.9 Å². The number of hydrogen-bond acceptors (Lipinski definition) is 4. The maximum atomic E-state index is 12.4. The van der Waals surface area contributed by atoms with E-state index >= 15 is 0 Å². The Bertz CT molecular complexity index is 1220. The van der Waals surface area contributed by atoms with Gasteiger partial charge < -0.3 is 14.9 Å². The highest BCUT2D eigenvalue weighted by atomic mass is 16.1. The Kier molecular flexibility index (Phi) is 4.65. The number of aryl methyl sites for hydroxylation is 2. The number of rotatable bonds is 5. The summed E-state index contributed by atoms with van der Waals surface area (Å²) < 4.78 is 1.99. The highest BCUT2D eigenvalue weighted by Crippen LogP contribution is 2.19. The number of benzene rings is 2. The Balaban J connectivity index is 1.44. The number of hydrogen-bond donors (Lipinski definition) is 2. The van der Waals surface area contributed by atoms with Crippen LogP contribution < -0.4 is 10.9 Å². The number of H-pyrrole nitrogens is 1. The van der Waals surface area contributed by atoms with Crippen LogP contribution in [-0.2, 0) is 18.3 Å².